The summed E-state index contributed by atoms with van der Waals surface area (Å²) in [6.07, 6.45) is -0.818. The Kier molecular flexibility index (Phi) is 6.12. The molecule has 0 radical (unpaired) electrons. The first-order valence-corrected chi connectivity index (χ1v) is 8.12. The fourth-order valence-corrected chi connectivity index (χ4v) is 2.87. The summed E-state index contributed by atoms with van der Waals surface area (Å²) in [4.78, 5) is 12.6. The molecule has 2 rings (SSSR count). The van der Waals surface area contributed by atoms with Crippen LogP contribution in [-0.2, 0) is 4.74 Å². The second-order valence-corrected chi connectivity index (χ2v) is 6.10. The van der Waals surface area contributed by atoms with Gasteiger partial charge in [0.2, 0.25) is 0 Å². The molecule has 4 nitrogen and oxygen atoms in total. The second kappa shape index (κ2) is 8.08. The highest BCUT2D eigenvalue weighted by molar-refractivity contribution is 7.12. The molecule has 0 saturated carbocycles. The van der Waals surface area contributed by atoms with Crippen LogP contribution in [0.2, 0.25) is 0 Å². The Hall–Kier alpha value is -1.69. The van der Waals surface area contributed by atoms with Gasteiger partial charge >= 0.3 is 0 Å². The summed E-state index contributed by atoms with van der Waals surface area (Å²) >= 11 is 1.40. The normalized spacial score (nSPS) is 13.6. The van der Waals surface area contributed by atoms with Crippen LogP contribution in [0.4, 0.5) is 0 Å². The first-order valence-electron chi connectivity index (χ1n) is 7.25. The molecule has 0 saturated heterocycles. The third-order valence-corrected chi connectivity index (χ3v) is 4.39. The Balaban J connectivity index is 1.73. The van der Waals surface area contributed by atoms with E-state index in [2.05, 4.69) is 5.32 Å². The summed E-state index contributed by atoms with van der Waals surface area (Å²) in [7, 11) is 0. The molecule has 0 unspecified atom stereocenters. The number of ether oxygens (including phenoxy) is 1. The lowest BCUT2D eigenvalue weighted by atomic mass is 10.1. The smallest absolute Gasteiger partial charge is 0.261 e. The van der Waals surface area contributed by atoms with Gasteiger partial charge in [-0.25, -0.2) is 0 Å². The molecule has 0 spiro atoms. The van der Waals surface area contributed by atoms with Crippen LogP contribution in [0.1, 0.15) is 33.8 Å². The first-order chi connectivity index (χ1) is 10.6. The predicted octanol–water partition coefficient (Wildman–Crippen LogP) is 2.93. The minimum atomic E-state index is -0.726. The van der Waals surface area contributed by atoms with Crippen LogP contribution in [0.25, 0.3) is 0 Å². The van der Waals surface area contributed by atoms with Crippen LogP contribution in [0.5, 0.6) is 0 Å². The van der Waals surface area contributed by atoms with Crippen molar-refractivity contribution in [2.45, 2.75) is 26.1 Å². The predicted molar refractivity (Wildman–Crippen MR) is 88.2 cm³/mol. The third-order valence-electron chi connectivity index (χ3n) is 3.37. The van der Waals surface area contributed by atoms with Crippen molar-refractivity contribution in [3.8, 4) is 0 Å². The van der Waals surface area contributed by atoms with Crippen molar-refractivity contribution in [1.82, 2.24) is 5.32 Å². The van der Waals surface area contributed by atoms with Crippen LogP contribution in [0.3, 0.4) is 0 Å². The van der Waals surface area contributed by atoms with Crippen molar-refractivity contribution in [1.29, 1.82) is 0 Å². The maximum atomic E-state index is 11.9. The van der Waals surface area contributed by atoms with Gasteiger partial charge in [0.1, 0.15) is 0 Å². The van der Waals surface area contributed by atoms with Crippen molar-refractivity contribution in [2.75, 3.05) is 13.2 Å². The van der Waals surface area contributed by atoms with E-state index >= 15 is 0 Å². The molecule has 1 heterocycles. The van der Waals surface area contributed by atoms with E-state index in [1.807, 2.05) is 55.6 Å². The monoisotopic (exact) mass is 319 g/mol. The van der Waals surface area contributed by atoms with Crippen LogP contribution >= 0.6 is 11.3 Å². The lowest BCUT2D eigenvalue weighted by molar-refractivity contribution is -0.00170. The number of hydrogen-bond donors (Lipinski definition) is 2. The van der Waals surface area contributed by atoms with Crippen molar-refractivity contribution in [3.05, 3.63) is 57.8 Å². The Bertz CT molecular complexity index is 597. The van der Waals surface area contributed by atoms with Crippen molar-refractivity contribution in [3.63, 3.8) is 0 Å². The van der Waals surface area contributed by atoms with Crippen LogP contribution in [0.15, 0.2) is 41.8 Å². The van der Waals surface area contributed by atoms with E-state index in [9.17, 15) is 9.90 Å². The number of thiophene rings is 1. The Morgan fingerprint density at radius 1 is 1.32 bits per heavy atom. The average Bonchev–Trinajstić information content (AvgIpc) is 2.97. The molecular formula is C17H21NO3S. The molecule has 1 aromatic heterocycles. The average molecular weight is 319 g/mol. The molecule has 0 aliphatic carbocycles. The molecule has 22 heavy (non-hydrogen) atoms. The number of amides is 1. The molecule has 1 amide bonds. The fourth-order valence-electron chi connectivity index (χ4n) is 2.03. The molecule has 0 aliphatic heterocycles. The number of benzene rings is 1. The van der Waals surface area contributed by atoms with E-state index in [-0.39, 0.29) is 25.2 Å². The molecule has 5 heteroatoms. The highest BCUT2D eigenvalue weighted by Crippen LogP contribution is 2.16. The minimum absolute atomic E-state index is 0.0916. The maximum Gasteiger partial charge on any atom is 0.261 e. The van der Waals surface area contributed by atoms with Gasteiger partial charge in [-0.05, 0) is 36.4 Å². The van der Waals surface area contributed by atoms with E-state index in [0.717, 1.165) is 11.1 Å². The summed E-state index contributed by atoms with van der Waals surface area (Å²) in [5, 5.41) is 14.5. The zero-order chi connectivity index (χ0) is 15.9. The zero-order valence-corrected chi connectivity index (χ0v) is 13.6. The Morgan fingerprint density at radius 2 is 2.05 bits per heavy atom. The van der Waals surface area contributed by atoms with Crippen molar-refractivity contribution < 1.29 is 14.6 Å². The summed E-state index contributed by atoms with van der Waals surface area (Å²) in [5.41, 5.74) is 2.01. The quantitative estimate of drug-likeness (QED) is 0.825. The van der Waals surface area contributed by atoms with Gasteiger partial charge < -0.3 is 15.2 Å². The highest BCUT2D eigenvalue weighted by atomic mass is 32.1. The van der Waals surface area contributed by atoms with Crippen LogP contribution in [0, 0.1) is 6.92 Å². The van der Waals surface area contributed by atoms with Gasteiger partial charge in [0.05, 0.1) is 23.7 Å². The Morgan fingerprint density at radius 3 is 2.68 bits per heavy atom. The lowest BCUT2D eigenvalue weighted by Gasteiger charge is -2.17. The number of aliphatic hydroxyl groups excluding tert-OH is 1. The SMILES string of the molecule is Cc1ccsc1C(=O)NC[C@@H](O)CO[C@@H](C)c1ccccc1. The topological polar surface area (TPSA) is 58.6 Å². The number of carbonyl (C=O) groups excluding carboxylic acids is 1. The molecule has 0 bridgehead atoms. The summed E-state index contributed by atoms with van der Waals surface area (Å²) < 4.78 is 5.64. The zero-order valence-electron chi connectivity index (χ0n) is 12.8. The van der Waals surface area contributed by atoms with Gasteiger partial charge in [0.25, 0.3) is 5.91 Å². The molecule has 118 valence electrons. The van der Waals surface area contributed by atoms with Crippen LogP contribution in [-0.4, -0.2) is 30.3 Å². The minimum Gasteiger partial charge on any atom is -0.389 e. The largest absolute Gasteiger partial charge is 0.389 e. The molecular weight excluding hydrogens is 298 g/mol. The fraction of sp³-hybridized carbons (Fsp3) is 0.353. The van der Waals surface area contributed by atoms with Gasteiger partial charge in [-0.1, -0.05) is 30.3 Å². The molecule has 0 aliphatic rings. The third kappa shape index (κ3) is 4.66. The number of aryl methyl sites for hydroxylation is 1. The standard InChI is InChI=1S/C17H21NO3S/c1-12-8-9-22-16(12)17(20)18-10-15(19)11-21-13(2)14-6-4-3-5-7-14/h3-9,13,15,19H,10-11H2,1-2H3,(H,18,20)/t13-,15+/m0/s1. The lowest BCUT2D eigenvalue weighted by Crippen LogP contribution is -2.34. The molecule has 0 fully saturated rings. The van der Waals surface area contributed by atoms with Gasteiger partial charge in [-0.2, -0.15) is 0 Å². The van der Waals surface area contributed by atoms with E-state index in [4.69, 9.17) is 4.74 Å². The first kappa shape index (κ1) is 16.7. The number of hydrogen-bond acceptors (Lipinski definition) is 4. The molecule has 2 aromatic rings. The Labute approximate surface area is 134 Å². The summed E-state index contributed by atoms with van der Waals surface area (Å²) in [5.74, 6) is -0.150. The number of nitrogens with one attached hydrogen (secondary N) is 1. The van der Waals surface area contributed by atoms with Crippen LogP contribution < -0.4 is 5.32 Å². The van der Waals surface area contributed by atoms with Crippen molar-refractivity contribution in [2.24, 2.45) is 0 Å². The van der Waals surface area contributed by atoms with Crippen molar-refractivity contribution >= 4 is 17.2 Å². The summed E-state index contributed by atoms with van der Waals surface area (Å²) in [6, 6.07) is 11.7. The maximum absolute atomic E-state index is 11.9. The van der Waals surface area contributed by atoms with Gasteiger partial charge in [0, 0.05) is 6.54 Å². The number of aliphatic hydroxyl groups is 1. The van der Waals surface area contributed by atoms with E-state index < -0.39 is 6.10 Å². The number of carbonyl (C=O) groups is 1. The molecule has 1 aromatic carbocycles. The van der Waals surface area contributed by atoms with E-state index in [1.54, 1.807) is 0 Å². The van der Waals surface area contributed by atoms with Gasteiger partial charge in [-0.3, -0.25) is 4.79 Å². The van der Waals surface area contributed by atoms with E-state index in [1.165, 1.54) is 11.3 Å². The van der Waals surface area contributed by atoms with E-state index in [0.29, 0.717) is 4.88 Å². The molecule has 2 atom stereocenters. The summed E-state index contributed by atoms with van der Waals surface area (Å²) in [6.45, 7) is 4.19. The highest BCUT2D eigenvalue weighted by Gasteiger charge is 2.13. The molecule has 2 N–H and O–H groups in total. The number of rotatable bonds is 7. The van der Waals surface area contributed by atoms with Gasteiger partial charge in [0.15, 0.2) is 0 Å². The second-order valence-electron chi connectivity index (χ2n) is 5.18. The van der Waals surface area contributed by atoms with Gasteiger partial charge in [-0.15, -0.1) is 11.3 Å².